The minimum absolute atomic E-state index is 0.00815. The van der Waals surface area contributed by atoms with Crippen LogP contribution in [-0.4, -0.2) is 55.9 Å². The molecule has 0 aliphatic heterocycles. The predicted molar refractivity (Wildman–Crippen MR) is 111 cm³/mol. The summed E-state index contributed by atoms with van der Waals surface area (Å²) in [6.45, 7) is 6.47. The molecule has 30 heavy (non-hydrogen) atoms. The summed E-state index contributed by atoms with van der Waals surface area (Å²) in [5.74, 6) is -0.144. The molecule has 4 rings (SSSR count). The molecule has 0 amide bonds. The molecule has 0 aromatic heterocycles. The summed E-state index contributed by atoms with van der Waals surface area (Å²) in [5.41, 5.74) is -0.314. The molecule has 12 atom stereocenters. The standard InChI is InChI=1S/C24H40O6/c1-12(8-19(27)22(29)30)15-4-5-16-21-17(11-20(28)24(15,16)3)23(2)7-6-14(25)9-13(23)10-18(21)26/h12-21,25-28H,4-11H2,1-3H3,(H,29,30)/t12-,13+,14-,15-,16+,17+,18-,19+,20+,21+,23+,24-/m1/s1. The number of aliphatic hydroxyl groups is 4. The fourth-order valence-electron chi connectivity index (χ4n) is 8.75. The first-order valence-electron chi connectivity index (χ1n) is 11.9. The van der Waals surface area contributed by atoms with Gasteiger partial charge in [-0.05, 0) is 97.7 Å². The van der Waals surface area contributed by atoms with Crippen LogP contribution < -0.4 is 0 Å². The molecule has 5 N–H and O–H groups in total. The smallest absolute Gasteiger partial charge is 0.332 e. The second kappa shape index (κ2) is 7.72. The first kappa shape index (κ1) is 22.5. The highest BCUT2D eigenvalue weighted by molar-refractivity contribution is 5.71. The first-order chi connectivity index (χ1) is 14.0. The van der Waals surface area contributed by atoms with Gasteiger partial charge >= 0.3 is 5.97 Å². The van der Waals surface area contributed by atoms with E-state index in [4.69, 9.17) is 5.11 Å². The number of aliphatic carboxylic acids is 1. The maximum atomic E-state index is 11.5. The fourth-order valence-corrected chi connectivity index (χ4v) is 8.75. The van der Waals surface area contributed by atoms with Crippen LogP contribution >= 0.6 is 0 Å². The number of fused-ring (bicyclic) bond motifs is 5. The summed E-state index contributed by atoms with van der Waals surface area (Å²) in [6, 6.07) is 0. The van der Waals surface area contributed by atoms with Gasteiger partial charge in [0.25, 0.3) is 0 Å². The SMILES string of the molecule is C[C@H](C[C@H](O)C(=O)O)[C@H]1CC[C@H]2[C@@H]3[C@H](O)C[C@@H]4C[C@H](O)CC[C@]4(C)[C@H]3C[C@H](O)[C@]12C. The second-order valence-corrected chi connectivity index (χ2v) is 11.6. The van der Waals surface area contributed by atoms with Gasteiger partial charge in [-0.1, -0.05) is 20.8 Å². The zero-order valence-electron chi connectivity index (χ0n) is 18.6. The van der Waals surface area contributed by atoms with Crippen LogP contribution in [0.15, 0.2) is 0 Å². The van der Waals surface area contributed by atoms with Gasteiger partial charge in [0.05, 0.1) is 18.3 Å². The second-order valence-electron chi connectivity index (χ2n) is 11.6. The van der Waals surface area contributed by atoms with Gasteiger partial charge in [0.1, 0.15) is 0 Å². The molecule has 0 aromatic rings. The van der Waals surface area contributed by atoms with Crippen molar-refractivity contribution in [3.8, 4) is 0 Å². The molecule has 0 saturated heterocycles. The molecule has 172 valence electrons. The molecule has 0 heterocycles. The Bertz CT molecular complexity index is 668. The van der Waals surface area contributed by atoms with Crippen LogP contribution in [0.1, 0.15) is 72.1 Å². The molecule has 0 radical (unpaired) electrons. The van der Waals surface area contributed by atoms with Crippen molar-refractivity contribution in [2.24, 2.45) is 46.3 Å². The summed E-state index contributed by atoms with van der Waals surface area (Å²) >= 11 is 0. The highest BCUT2D eigenvalue weighted by Gasteiger charge is 2.65. The van der Waals surface area contributed by atoms with Gasteiger partial charge < -0.3 is 25.5 Å². The van der Waals surface area contributed by atoms with Gasteiger partial charge in [0.15, 0.2) is 6.10 Å². The lowest BCUT2D eigenvalue weighted by Gasteiger charge is -2.63. The Balaban J connectivity index is 1.61. The number of carboxylic acids is 1. The molecule has 4 aliphatic rings. The van der Waals surface area contributed by atoms with Crippen LogP contribution in [0.4, 0.5) is 0 Å². The molecular weight excluding hydrogens is 384 g/mol. The Hall–Kier alpha value is -0.690. The van der Waals surface area contributed by atoms with Crippen LogP contribution in [0.25, 0.3) is 0 Å². The van der Waals surface area contributed by atoms with E-state index < -0.39 is 24.3 Å². The first-order valence-corrected chi connectivity index (χ1v) is 11.9. The van der Waals surface area contributed by atoms with E-state index in [0.29, 0.717) is 12.3 Å². The zero-order valence-corrected chi connectivity index (χ0v) is 18.6. The minimum Gasteiger partial charge on any atom is -0.479 e. The van der Waals surface area contributed by atoms with Gasteiger partial charge in [-0.2, -0.15) is 0 Å². The largest absolute Gasteiger partial charge is 0.479 e. The average molecular weight is 425 g/mol. The highest BCUT2D eigenvalue weighted by atomic mass is 16.4. The number of aliphatic hydroxyl groups excluding tert-OH is 4. The van der Waals surface area contributed by atoms with Gasteiger partial charge in [0.2, 0.25) is 0 Å². The maximum Gasteiger partial charge on any atom is 0.332 e. The lowest BCUT2D eigenvalue weighted by molar-refractivity contribution is -0.207. The molecule has 6 heteroatoms. The summed E-state index contributed by atoms with van der Waals surface area (Å²) in [4.78, 5) is 11.1. The van der Waals surface area contributed by atoms with E-state index in [1.54, 1.807) is 0 Å². The molecular formula is C24H40O6. The molecule has 4 fully saturated rings. The predicted octanol–water partition coefficient (Wildman–Crippen LogP) is 2.42. The van der Waals surface area contributed by atoms with E-state index in [9.17, 15) is 25.2 Å². The van der Waals surface area contributed by atoms with Crippen LogP contribution in [0.3, 0.4) is 0 Å². The third-order valence-electron chi connectivity index (χ3n) is 10.4. The van der Waals surface area contributed by atoms with Crippen molar-refractivity contribution in [2.75, 3.05) is 0 Å². The van der Waals surface area contributed by atoms with Crippen molar-refractivity contribution < 1.29 is 30.3 Å². The summed E-state index contributed by atoms with van der Waals surface area (Å²) in [5, 5.41) is 51.9. The highest BCUT2D eigenvalue weighted by Crippen LogP contribution is 2.68. The van der Waals surface area contributed by atoms with Crippen molar-refractivity contribution in [1.82, 2.24) is 0 Å². The van der Waals surface area contributed by atoms with Gasteiger partial charge in [-0.15, -0.1) is 0 Å². The monoisotopic (exact) mass is 424 g/mol. The summed E-state index contributed by atoms with van der Waals surface area (Å²) in [6.07, 6.45) is 3.40. The normalized spacial score (nSPS) is 52.6. The average Bonchev–Trinajstić information content (AvgIpc) is 3.02. The van der Waals surface area contributed by atoms with Crippen molar-refractivity contribution in [3.63, 3.8) is 0 Å². The lowest BCUT2D eigenvalue weighted by atomic mass is 9.43. The van der Waals surface area contributed by atoms with Crippen molar-refractivity contribution >= 4 is 5.97 Å². The van der Waals surface area contributed by atoms with E-state index in [2.05, 4.69) is 13.8 Å². The third kappa shape index (κ3) is 3.25. The Morgan fingerprint density at radius 1 is 1.03 bits per heavy atom. The van der Waals surface area contributed by atoms with Gasteiger partial charge in [0, 0.05) is 0 Å². The topological polar surface area (TPSA) is 118 Å². The number of rotatable bonds is 4. The number of carbonyl (C=O) groups is 1. The molecule has 0 bridgehead atoms. The number of carboxylic acid groups (broad SMARTS) is 1. The molecule has 0 aromatic carbocycles. The molecule has 0 spiro atoms. The Morgan fingerprint density at radius 2 is 1.73 bits per heavy atom. The van der Waals surface area contributed by atoms with Crippen molar-refractivity contribution in [1.29, 1.82) is 0 Å². The van der Waals surface area contributed by atoms with E-state index >= 15 is 0 Å². The van der Waals surface area contributed by atoms with E-state index in [0.717, 1.165) is 38.5 Å². The van der Waals surface area contributed by atoms with Gasteiger partial charge in [-0.25, -0.2) is 4.79 Å². The van der Waals surface area contributed by atoms with E-state index in [1.807, 2.05) is 6.92 Å². The molecule has 4 aliphatic carbocycles. The molecule has 6 nitrogen and oxygen atoms in total. The molecule has 4 saturated carbocycles. The quantitative estimate of drug-likeness (QED) is 0.473. The minimum atomic E-state index is -1.37. The van der Waals surface area contributed by atoms with Crippen LogP contribution in [0, 0.1) is 46.3 Å². The maximum absolute atomic E-state index is 11.5. The van der Waals surface area contributed by atoms with Crippen molar-refractivity contribution in [2.45, 2.75) is 96.6 Å². The molecule has 0 unspecified atom stereocenters. The Labute approximate surface area is 179 Å². The summed E-state index contributed by atoms with van der Waals surface area (Å²) < 4.78 is 0. The van der Waals surface area contributed by atoms with E-state index in [-0.39, 0.29) is 52.9 Å². The lowest BCUT2D eigenvalue weighted by Crippen LogP contribution is -2.62. The zero-order chi connectivity index (χ0) is 22.0. The van der Waals surface area contributed by atoms with Crippen LogP contribution in [-0.2, 0) is 4.79 Å². The number of hydrogen-bond donors (Lipinski definition) is 5. The van der Waals surface area contributed by atoms with Crippen LogP contribution in [0.2, 0.25) is 0 Å². The number of hydrogen-bond acceptors (Lipinski definition) is 5. The Morgan fingerprint density at radius 3 is 2.40 bits per heavy atom. The van der Waals surface area contributed by atoms with Crippen LogP contribution in [0.5, 0.6) is 0 Å². The summed E-state index contributed by atoms with van der Waals surface area (Å²) in [7, 11) is 0. The van der Waals surface area contributed by atoms with Gasteiger partial charge in [-0.3, -0.25) is 0 Å². The van der Waals surface area contributed by atoms with Crippen molar-refractivity contribution in [3.05, 3.63) is 0 Å². The van der Waals surface area contributed by atoms with E-state index in [1.165, 1.54) is 0 Å². The third-order valence-corrected chi connectivity index (χ3v) is 10.4. The fraction of sp³-hybridized carbons (Fsp3) is 0.958. The Kier molecular flexibility index (Phi) is 5.79.